The Morgan fingerprint density at radius 3 is 2.62 bits per heavy atom. The zero-order valence-electron chi connectivity index (χ0n) is 10.1. The van der Waals surface area contributed by atoms with E-state index in [9.17, 15) is 4.39 Å². The van der Waals surface area contributed by atoms with Crippen molar-refractivity contribution >= 4 is 15.9 Å². The second-order valence-electron chi connectivity index (χ2n) is 4.57. The quantitative estimate of drug-likeness (QED) is 0.864. The van der Waals surface area contributed by atoms with Crippen molar-refractivity contribution in [3.63, 3.8) is 0 Å². The van der Waals surface area contributed by atoms with Crippen molar-refractivity contribution in [3.05, 3.63) is 34.1 Å². The smallest absolute Gasteiger partial charge is 0.137 e. The Kier molecular flexibility index (Phi) is 5.42. The van der Waals surface area contributed by atoms with Crippen LogP contribution in [0.15, 0.2) is 22.7 Å². The van der Waals surface area contributed by atoms with Gasteiger partial charge in [-0.25, -0.2) is 4.39 Å². The maximum atomic E-state index is 13.2. The lowest BCUT2D eigenvalue weighted by Crippen LogP contribution is -2.24. The maximum absolute atomic E-state index is 13.2. The number of benzene rings is 1. The number of hydrogen-bond donors (Lipinski definition) is 1. The SMILES string of the molecule is CC(C)C(C)CNCc1cccc(F)c1Br. The molecule has 1 rings (SSSR count). The van der Waals surface area contributed by atoms with Crippen LogP contribution in [0.2, 0.25) is 0 Å². The molecule has 0 bridgehead atoms. The van der Waals surface area contributed by atoms with Crippen LogP contribution in [-0.2, 0) is 6.54 Å². The van der Waals surface area contributed by atoms with Gasteiger partial charge in [0.1, 0.15) is 5.82 Å². The summed E-state index contributed by atoms with van der Waals surface area (Å²) in [5.41, 5.74) is 0.968. The van der Waals surface area contributed by atoms with E-state index in [0.29, 0.717) is 22.9 Å². The van der Waals surface area contributed by atoms with Gasteiger partial charge in [-0.05, 0) is 45.9 Å². The van der Waals surface area contributed by atoms with Crippen LogP contribution in [0.4, 0.5) is 4.39 Å². The summed E-state index contributed by atoms with van der Waals surface area (Å²) in [4.78, 5) is 0. The molecule has 3 heteroatoms. The third-order valence-electron chi connectivity index (χ3n) is 2.95. The van der Waals surface area contributed by atoms with Gasteiger partial charge in [0.05, 0.1) is 4.47 Å². The first-order valence-corrected chi connectivity index (χ1v) is 6.45. The molecule has 0 fully saturated rings. The fraction of sp³-hybridized carbons (Fsp3) is 0.538. The fourth-order valence-corrected chi connectivity index (χ4v) is 1.76. The molecule has 0 amide bonds. The summed E-state index contributed by atoms with van der Waals surface area (Å²) in [6.45, 7) is 8.31. The molecule has 0 saturated heterocycles. The Morgan fingerprint density at radius 2 is 2.00 bits per heavy atom. The number of halogens is 2. The van der Waals surface area contributed by atoms with Gasteiger partial charge >= 0.3 is 0 Å². The minimum Gasteiger partial charge on any atom is -0.312 e. The van der Waals surface area contributed by atoms with E-state index in [4.69, 9.17) is 0 Å². The number of hydrogen-bond acceptors (Lipinski definition) is 1. The largest absolute Gasteiger partial charge is 0.312 e. The highest BCUT2D eigenvalue weighted by molar-refractivity contribution is 9.10. The molecular weight excluding hydrogens is 269 g/mol. The summed E-state index contributed by atoms with van der Waals surface area (Å²) < 4.78 is 13.8. The molecule has 1 nitrogen and oxygen atoms in total. The van der Waals surface area contributed by atoms with Gasteiger partial charge < -0.3 is 5.32 Å². The highest BCUT2D eigenvalue weighted by atomic mass is 79.9. The molecule has 0 radical (unpaired) electrons. The van der Waals surface area contributed by atoms with E-state index < -0.39 is 0 Å². The number of nitrogens with one attached hydrogen (secondary N) is 1. The highest BCUT2D eigenvalue weighted by Crippen LogP contribution is 2.20. The molecule has 1 aromatic carbocycles. The molecule has 0 aliphatic carbocycles. The van der Waals surface area contributed by atoms with Gasteiger partial charge in [-0.2, -0.15) is 0 Å². The summed E-state index contributed by atoms with van der Waals surface area (Å²) in [6.07, 6.45) is 0. The first-order valence-electron chi connectivity index (χ1n) is 5.66. The maximum Gasteiger partial charge on any atom is 0.137 e. The number of rotatable bonds is 5. The lowest BCUT2D eigenvalue weighted by atomic mass is 9.98. The van der Waals surface area contributed by atoms with Crippen LogP contribution in [0.3, 0.4) is 0 Å². The van der Waals surface area contributed by atoms with Gasteiger partial charge in [-0.1, -0.05) is 32.9 Å². The molecule has 0 aliphatic heterocycles. The van der Waals surface area contributed by atoms with Crippen LogP contribution in [0.5, 0.6) is 0 Å². The molecule has 1 unspecified atom stereocenters. The van der Waals surface area contributed by atoms with Crippen molar-refractivity contribution in [2.45, 2.75) is 27.3 Å². The van der Waals surface area contributed by atoms with Gasteiger partial charge in [0.15, 0.2) is 0 Å². The second kappa shape index (κ2) is 6.36. The Balaban J connectivity index is 2.46. The van der Waals surface area contributed by atoms with Crippen LogP contribution in [0.1, 0.15) is 26.3 Å². The van der Waals surface area contributed by atoms with E-state index >= 15 is 0 Å². The monoisotopic (exact) mass is 287 g/mol. The molecule has 0 spiro atoms. The summed E-state index contributed by atoms with van der Waals surface area (Å²) in [6, 6.07) is 5.13. The predicted octanol–water partition coefficient (Wildman–Crippen LogP) is 3.97. The molecule has 1 aromatic rings. The van der Waals surface area contributed by atoms with Crippen LogP contribution in [-0.4, -0.2) is 6.54 Å². The molecule has 1 N–H and O–H groups in total. The average molecular weight is 288 g/mol. The van der Waals surface area contributed by atoms with Crippen LogP contribution >= 0.6 is 15.9 Å². The summed E-state index contributed by atoms with van der Waals surface area (Å²) in [5.74, 6) is 1.10. The van der Waals surface area contributed by atoms with Crippen LogP contribution in [0.25, 0.3) is 0 Å². The molecule has 1 atom stereocenters. The van der Waals surface area contributed by atoms with Crippen molar-refractivity contribution in [3.8, 4) is 0 Å². The average Bonchev–Trinajstić information content (AvgIpc) is 2.24. The van der Waals surface area contributed by atoms with Gasteiger partial charge in [0, 0.05) is 6.54 Å². The fourth-order valence-electron chi connectivity index (χ4n) is 1.36. The third-order valence-corrected chi connectivity index (χ3v) is 3.84. The lowest BCUT2D eigenvalue weighted by Gasteiger charge is -2.16. The minimum absolute atomic E-state index is 0.198. The van der Waals surface area contributed by atoms with Gasteiger partial charge in [-0.15, -0.1) is 0 Å². The van der Waals surface area contributed by atoms with E-state index in [2.05, 4.69) is 42.0 Å². The van der Waals surface area contributed by atoms with Crippen LogP contribution < -0.4 is 5.32 Å². The van der Waals surface area contributed by atoms with E-state index in [1.165, 1.54) is 6.07 Å². The van der Waals surface area contributed by atoms with Gasteiger partial charge in [0.2, 0.25) is 0 Å². The van der Waals surface area contributed by atoms with Crippen molar-refractivity contribution in [2.24, 2.45) is 11.8 Å². The normalized spacial score (nSPS) is 13.1. The molecule has 0 saturated carbocycles. The van der Waals surface area contributed by atoms with Gasteiger partial charge in [0.25, 0.3) is 0 Å². The molecule has 16 heavy (non-hydrogen) atoms. The Labute approximate surface area is 106 Å². The minimum atomic E-state index is -0.198. The summed E-state index contributed by atoms with van der Waals surface area (Å²) in [5, 5.41) is 3.35. The highest BCUT2D eigenvalue weighted by Gasteiger charge is 2.08. The summed E-state index contributed by atoms with van der Waals surface area (Å²) >= 11 is 3.26. The predicted molar refractivity (Wildman–Crippen MR) is 69.8 cm³/mol. The van der Waals surface area contributed by atoms with Gasteiger partial charge in [-0.3, -0.25) is 0 Å². The first-order chi connectivity index (χ1) is 7.52. The third kappa shape index (κ3) is 3.87. The molecule has 0 aliphatic rings. The van der Waals surface area contributed by atoms with E-state index in [1.54, 1.807) is 6.07 Å². The standard InChI is InChI=1S/C13H19BrFN/c1-9(2)10(3)7-16-8-11-5-4-6-12(15)13(11)14/h4-6,9-10,16H,7-8H2,1-3H3. The Hall–Kier alpha value is -0.410. The van der Waals surface area contributed by atoms with Crippen molar-refractivity contribution < 1.29 is 4.39 Å². The molecule has 0 heterocycles. The van der Waals surface area contributed by atoms with Crippen molar-refractivity contribution in [1.29, 1.82) is 0 Å². The second-order valence-corrected chi connectivity index (χ2v) is 5.36. The first kappa shape index (κ1) is 13.7. The molecule has 90 valence electrons. The Morgan fingerprint density at radius 1 is 1.31 bits per heavy atom. The van der Waals surface area contributed by atoms with E-state index in [1.807, 2.05) is 6.07 Å². The van der Waals surface area contributed by atoms with E-state index in [0.717, 1.165) is 12.1 Å². The van der Waals surface area contributed by atoms with Crippen molar-refractivity contribution in [2.75, 3.05) is 6.54 Å². The topological polar surface area (TPSA) is 12.0 Å². The molecule has 0 aromatic heterocycles. The molecular formula is C13H19BrFN. The van der Waals surface area contributed by atoms with Crippen LogP contribution in [0, 0.1) is 17.7 Å². The zero-order valence-corrected chi connectivity index (χ0v) is 11.6. The van der Waals surface area contributed by atoms with Crippen molar-refractivity contribution in [1.82, 2.24) is 5.32 Å². The Bertz CT molecular complexity index is 339. The zero-order chi connectivity index (χ0) is 12.1. The van der Waals surface area contributed by atoms with E-state index in [-0.39, 0.29) is 5.82 Å². The lowest BCUT2D eigenvalue weighted by molar-refractivity contribution is 0.392. The summed E-state index contributed by atoms with van der Waals surface area (Å²) in [7, 11) is 0.